The Morgan fingerprint density at radius 2 is 1.94 bits per heavy atom. The number of ether oxygens (including phenoxy) is 1. The van der Waals surface area contributed by atoms with Gasteiger partial charge in [0, 0.05) is 41.5 Å². The van der Waals surface area contributed by atoms with Crippen molar-refractivity contribution in [2.24, 2.45) is 0 Å². The average Bonchev–Trinajstić information content (AvgIpc) is 3.24. The first-order chi connectivity index (χ1) is 15.6. The molecule has 1 saturated heterocycles. The van der Waals surface area contributed by atoms with Crippen molar-refractivity contribution in [2.75, 3.05) is 42.3 Å². The van der Waals surface area contributed by atoms with E-state index in [1.807, 2.05) is 17.5 Å². The van der Waals surface area contributed by atoms with Crippen molar-refractivity contribution in [1.29, 1.82) is 0 Å². The zero-order valence-corrected chi connectivity index (χ0v) is 17.8. The molecule has 2 aromatic carbocycles. The number of nitrogens with zero attached hydrogens (tertiary/aromatic N) is 4. The fourth-order valence-electron chi connectivity index (χ4n) is 3.67. The van der Waals surface area contributed by atoms with Gasteiger partial charge < -0.3 is 20.7 Å². The van der Waals surface area contributed by atoms with Gasteiger partial charge in [-0.15, -0.1) is 11.3 Å². The maximum absolute atomic E-state index is 11.3. The van der Waals surface area contributed by atoms with Gasteiger partial charge in [-0.2, -0.15) is 0 Å². The molecule has 32 heavy (non-hydrogen) atoms. The van der Waals surface area contributed by atoms with Crippen LogP contribution in [0.25, 0.3) is 21.3 Å². The highest BCUT2D eigenvalue weighted by atomic mass is 32.1. The molecule has 1 fully saturated rings. The summed E-state index contributed by atoms with van der Waals surface area (Å²) in [6, 6.07) is 12.9. The number of nitrogens with one attached hydrogen (secondary N) is 1. The van der Waals surface area contributed by atoms with E-state index in [1.54, 1.807) is 18.3 Å². The largest absolute Gasteiger partial charge is 0.393 e. The second-order valence-electron chi connectivity index (χ2n) is 7.36. The lowest BCUT2D eigenvalue weighted by molar-refractivity contribution is -0.383. The number of fused-ring (bicyclic) bond motifs is 1. The van der Waals surface area contributed by atoms with Gasteiger partial charge in [0.1, 0.15) is 5.69 Å². The van der Waals surface area contributed by atoms with E-state index in [-0.39, 0.29) is 11.4 Å². The van der Waals surface area contributed by atoms with Crippen LogP contribution >= 0.6 is 11.3 Å². The molecule has 3 N–H and O–H groups in total. The Hall–Kier alpha value is -3.76. The third-order valence-electron chi connectivity index (χ3n) is 5.35. The van der Waals surface area contributed by atoms with Crippen molar-refractivity contribution < 1.29 is 9.66 Å². The lowest BCUT2D eigenvalue weighted by Crippen LogP contribution is -2.36. The molecular weight excluding hydrogens is 428 g/mol. The van der Waals surface area contributed by atoms with Crippen molar-refractivity contribution in [3.63, 3.8) is 0 Å². The topological polar surface area (TPSA) is 119 Å². The summed E-state index contributed by atoms with van der Waals surface area (Å²) in [4.78, 5) is 22.2. The summed E-state index contributed by atoms with van der Waals surface area (Å²) in [5.74, 6) is 0.459. The molecule has 0 spiro atoms. The molecule has 0 bridgehead atoms. The SMILES string of the molecule is Nc1ccc(-c2csc3cnc(Nc4ccc(N5CCOCC5)cc4)nc23)cc1[N+](=O)[O-]. The van der Waals surface area contributed by atoms with Crippen LogP contribution in [0.15, 0.2) is 54.0 Å². The predicted molar refractivity (Wildman–Crippen MR) is 127 cm³/mol. The standard InChI is InChI=1S/C22H20N6O3S/c23-18-6-1-14(11-19(18)28(29)30)17-13-32-20-12-24-22(26-21(17)20)25-15-2-4-16(5-3-15)27-7-9-31-10-8-27/h1-6,11-13H,7-10,23H2,(H,24,25,26). The van der Waals surface area contributed by atoms with Gasteiger partial charge in [-0.3, -0.25) is 10.1 Å². The number of aromatic nitrogens is 2. The quantitative estimate of drug-likeness (QED) is 0.261. The number of hydrogen-bond donors (Lipinski definition) is 2. The maximum atomic E-state index is 11.3. The number of nitrogen functional groups attached to an aromatic ring is 1. The molecule has 0 atom stereocenters. The van der Waals surface area contributed by atoms with Gasteiger partial charge in [-0.25, -0.2) is 9.97 Å². The molecule has 2 aromatic heterocycles. The maximum Gasteiger partial charge on any atom is 0.292 e. The van der Waals surface area contributed by atoms with Crippen molar-refractivity contribution in [1.82, 2.24) is 9.97 Å². The molecule has 0 aliphatic carbocycles. The first-order valence-electron chi connectivity index (χ1n) is 10.1. The van der Waals surface area contributed by atoms with Gasteiger partial charge in [-0.1, -0.05) is 6.07 Å². The molecule has 0 saturated carbocycles. The van der Waals surface area contributed by atoms with Gasteiger partial charge >= 0.3 is 0 Å². The first kappa shape index (κ1) is 20.2. The summed E-state index contributed by atoms with van der Waals surface area (Å²) in [6.07, 6.45) is 1.76. The number of rotatable bonds is 5. The highest BCUT2D eigenvalue weighted by Crippen LogP contribution is 2.36. The molecule has 1 aliphatic rings. The number of anilines is 4. The number of benzene rings is 2. The van der Waals surface area contributed by atoms with Crippen LogP contribution in [-0.4, -0.2) is 41.2 Å². The average molecular weight is 449 g/mol. The van der Waals surface area contributed by atoms with Crippen molar-refractivity contribution >= 4 is 50.3 Å². The van der Waals surface area contributed by atoms with Crippen LogP contribution in [0.1, 0.15) is 0 Å². The zero-order valence-electron chi connectivity index (χ0n) is 17.0. The lowest BCUT2D eigenvalue weighted by atomic mass is 10.1. The minimum atomic E-state index is -0.476. The molecule has 162 valence electrons. The third kappa shape index (κ3) is 3.93. The molecule has 4 aromatic rings. The monoisotopic (exact) mass is 448 g/mol. The Bertz CT molecular complexity index is 1280. The van der Waals surface area contributed by atoms with Crippen LogP contribution in [0.5, 0.6) is 0 Å². The summed E-state index contributed by atoms with van der Waals surface area (Å²) in [7, 11) is 0. The number of hydrogen-bond acceptors (Lipinski definition) is 9. The van der Waals surface area contributed by atoms with Crippen molar-refractivity contribution in [3.05, 3.63) is 64.2 Å². The molecule has 5 rings (SSSR count). The minimum Gasteiger partial charge on any atom is -0.393 e. The summed E-state index contributed by atoms with van der Waals surface area (Å²) in [6.45, 7) is 3.26. The van der Waals surface area contributed by atoms with Crippen molar-refractivity contribution in [3.8, 4) is 11.1 Å². The van der Waals surface area contributed by atoms with E-state index in [4.69, 9.17) is 10.5 Å². The van der Waals surface area contributed by atoms with E-state index >= 15 is 0 Å². The summed E-state index contributed by atoms with van der Waals surface area (Å²) in [5, 5.41) is 16.4. The van der Waals surface area contributed by atoms with E-state index in [1.165, 1.54) is 17.4 Å². The van der Waals surface area contributed by atoms with E-state index < -0.39 is 4.92 Å². The fraction of sp³-hybridized carbons (Fsp3) is 0.182. The molecular formula is C22H20N6O3S. The molecule has 1 aliphatic heterocycles. The van der Waals surface area contributed by atoms with Gasteiger partial charge in [0.25, 0.3) is 5.69 Å². The van der Waals surface area contributed by atoms with Crippen LogP contribution in [-0.2, 0) is 4.74 Å². The number of thiophene rings is 1. The van der Waals surface area contributed by atoms with Crippen molar-refractivity contribution in [2.45, 2.75) is 0 Å². The molecule has 0 amide bonds. The zero-order chi connectivity index (χ0) is 22.1. The molecule has 0 unspecified atom stereocenters. The van der Waals surface area contributed by atoms with E-state index in [2.05, 4.69) is 32.3 Å². The molecule has 3 heterocycles. The van der Waals surface area contributed by atoms with Crippen LogP contribution in [0, 0.1) is 10.1 Å². The smallest absolute Gasteiger partial charge is 0.292 e. The van der Waals surface area contributed by atoms with Gasteiger partial charge in [0.05, 0.1) is 34.6 Å². The molecule has 0 radical (unpaired) electrons. The Morgan fingerprint density at radius 1 is 1.16 bits per heavy atom. The van der Waals surface area contributed by atoms with E-state index in [0.29, 0.717) is 11.5 Å². The highest BCUT2D eigenvalue weighted by molar-refractivity contribution is 7.17. The normalized spacial score (nSPS) is 13.9. The predicted octanol–water partition coefficient (Wildman–Crippen LogP) is 4.43. The number of nitro groups is 1. The van der Waals surface area contributed by atoms with E-state index in [0.717, 1.165) is 53.5 Å². The Morgan fingerprint density at radius 3 is 2.69 bits per heavy atom. The Kier molecular flexibility index (Phi) is 5.29. The molecule has 9 nitrogen and oxygen atoms in total. The summed E-state index contributed by atoms with van der Waals surface area (Å²) >= 11 is 1.49. The molecule has 10 heteroatoms. The van der Waals surface area contributed by atoms with Crippen LogP contribution in [0.4, 0.5) is 28.7 Å². The lowest BCUT2D eigenvalue weighted by Gasteiger charge is -2.28. The van der Waals surface area contributed by atoms with E-state index in [9.17, 15) is 10.1 Å². The Labute approximate surface area is 187 Å². The first-order valence-corrected chi connectivity index (χ1v) is 10.9. The Balaban J connectivity index is 1.41. The number of morpholine rings is 1. The van der Waals surface area contributed by atoms with Gasteiger partial charge in [-0.05, 0) is 35.9 Å². The number of nitro benzene ring substituents is 1. The second kappa shape index (κ2) is 8.40. The second-order valence-corrected chi connectivity index (χ2v) is 8.27. The third-order valence-corrected chi connectivity index (χ3v) is 6.26. The highest BCUT2D eigenvalue weighted by Gasteiger charge is 2.16. The van der Waals surface area contributed by atoms with Gasteiger partial charge in [0.2, 0.25) is 5.95 Å². The van der Waals surface area contributed by atoms with Crippen LogP contribution in [0.2, 0.25) is 0 Å². The fourth-order valence-corrected chi connectivity index (χ4v) is 4.54. The summed E-state index contributed by atoms with van der Waals surface area (Å²) < 4.78 is 6.30. The van der Waals surface area contributed by atoms with Crippen LogP contribution < -0.4 is 16.0 Å². The summed E-state index contributed by atoms with van der Waals surface area (Å²) in [5.41, 5.74) is 10.0. The van der Waals surface area contributed by atoms with Gasteiger partial charge in [0.15, 0.2) is 0 Å². The minimum absolute atomic E-state index is 0.116. The number of nitrogens with two attached hydrogens (primary N) is 1. The van der Waals surface area contributed by atoms with Crippen LogP contribution in [0.3, 0.4) is 0 Å².